The van der Waals surface area contributed by atoms with Gasteiger partial charge in [0.1, 0.15) is 0 Å². The van der Waals surface area contributed by atoms with Crippen molar-refractivity contribution in [2.24, 2.45) is 0 Å². The molecule has 0 bridgehead atoms. The van der Waals surface area contributed by atoms with Gasteiger partial charge in [0, 0.05) is 0 Å². The van der Waals surface area contributed by atoms with Crippen LogP contribution in [-0.4, -0.2) is 37.0 Å². The van der Waals surface area contributed by atoms with Crippen molar-refractivity contribution in [1.29, 1.82) is 0 Å². The molecule has 27 heavy (non-hydrogen) atoms. The first-order valence-electron chi connectivity index (χ1n) is 8.36. The zero-order chi connectivity index (χ0) is 19.0. The van der Waals surface area contributed by atoms with E-state index in [0.717, 1.165) is 16.2 Å². The number of hydrogen-bond acceptors (Lipinski definition) is 6. The third-order valence-electron chi connectivity index (χ3n) is 5.27. The van der Waals surface area contributed by atoms with Crippen LogP contribution in [0.5, 0.6) is 17.4 Å². The van der Waals surface area contributed by atoms with Crippen molar-refractivity contribution < 1.29 is 40.3 Å². The Bertz CT molecular complexity index is 1030. The first kappa shape index (κ1) is 16.7. The first-order valence-corrected chi connectivity index (χ1v) is 11.6. The van der Waals surface area contributed by atoms with E-state index in [1.165, 1.54) is 6.20 Å². The molecule has 1 unspecified atom stereocenters. The van der Waals surface area contributed by atoms with E-state index in [4.69, 9.17) is 9.47 Å². The molecule has 0 aliphatic carbocycles. The zero-order valence-electron chi connectivity index (χ0n) is 14.9. The van der Waals surface area contributed by atoms with Crippen molar-refractivity contribution in [2.75, 3.05) is 16.4 Å². The number of urea groups is 1. The number of anilines is 1. The van der Waals surface area contributed by atoms with Crippen LogP contribution in [-0.2, 0) is 10.2 Å². The number of carbonyl (C=O) groups excluding carboxylic acids is 2. The Labute approximate surface area is 165 Å². The SMILES string of the molecule is C[I-][C@@]1(C)NC(=O)N(c2cnc3c(n2)C2(C)COc4cccc(c42)O3)C1=O. The van der Waals surface area contributed by atoms with E-state index in [9.17, 15) is 9.59 Å². The summed E-state index contributed by atoms with van der Waals surface area (Å²) < 4.78 is 10.9. The Morgan fingerprint density at radius 3 is 2.78 bits per heavy atom. The van der Waals surface area contributed by atoms with Crippen LogP contribution < -0.4 is 40.9 Å². The number of amides is 3. The fourth-order valence-electron chi connectivity index (χ4n) is 3.70. The Morgan fingerprint density at radius 2 is 2.04 bits per heavy atom. The molecule has 3 aliphatic heterocycles. The van der Waals surface area contributed by atoms with Crippen LogP contribution in [0, 0.1) is 0 Å². The van der Waals surface area contributed by atoms with Crippen LogP contribution in [0.1, 0.15) is 25.1 Å². The van der Waals surface area contributed by atoms with Gasteiger partial charge >= 0.3 is 166 Å². The van der Waals surface area contributed by atoms with Gasteiger partial charge in [-0.3, -0.25) is 0 Å². The summed E-state index contributed by atoms with van der Waals surface area (Å²) in [5.74, 6) is 1.73. The van der Waals surface area contributed by atoms with Gasteiger partial charge in [-0.1, -0.05) is 0 Å². The van der Waals surface area contributed by atoms with E-state index in [0.29, 0.717) is 23.9 Å². The van der Waals surface area contributed by atoms with Gasteiger partial charge in [0.25, 0.3) is 0 Å². The van der Waals surface area contributed by atoms with E-state index in [-0.39, 0.29) is 11.7 Å². The van der Waals surface area contributed by atoms with Crippen molar-refractivity contribution in [1.82, 2.24) is 15.3 Å². The number of nitrogens with zero attached hydrogens (tertiary/aromatic N) is 3. The average Bonchev–Trinajstić information content (AvgIpc) is 3.12. The Morgan fingerprint density at radius 1 is 1.26 bits per heavy atom. The fraction of sp³-hybridized carbons (Fsp3) is 0.333. The number of carbonyl (C=O) groups is 2. The van der Waals surface area contributed by atoms with Crippen LogP contribution in [0.15, 0.2) is 24.4 Å². The molecule has 9 heteroatoms. The molecular weight excluding hydrogens is 463 g/mol. The summed E-state index contributed by atoms with van der Waals surface area (Å²) in [7, 11) is 0. The summed E-state index contributed by atoms with van der Waals surface area (Å²) >= 11 is -0.542. The standard InChI is InChI=1S/C18H16IN4O4/c1-17-8-26-9-5-4-6-10(12(9)17)27-14-13(17)21-11(7-20-14)23-15(24)18(2,19-3)22-16(23)25/h4-7H,8H2,1-3H3,(H,22,25)/q-1/t17?,18-/m0/s1. The molecule has 1 N–H and O–H groups in total. The molecule has 3 aliphatic rings. The molecule has 5 rings (SSSR count). The topological polar surface area (TPSA) is 93.7 Å². The molecule has 4 heterocycles. The Kier molecular flexibility index (Phi) is 3.29. The summed E-state index contributed by atoms with van der Waals surface area (Å²) in [6.45, 7) is 4.16. The van der Waals surface area contributed by atoms with Gasteiger partial charge in [-0.2, -0.15) is 0 Å². The second-order valence-corrected chi connectivity index (χ2v) is 10.2. The summed E-state index contributed by atoms with van der Waals surface area (Å²) in [5, 5.41) is 2.78. The van der Waals surface area contributed by atoms with Crippen molar-refractivity contribution in [2.45, 2.75) is 22.8 Å². The van der Waals surface area contributed by atoms with Gasteiger partial charge in [0.2, 0.25) is 0 Å². The number of fused-ring (bicyclic) bond motifs is 2. The average molecular weight is 479 g/mol. The molecule has 1 saturated heterocycles. The van der Waals surface area contributed by atoms with E-state index >= 15 is 0 Å². The first-order chi connectivity index (χ1) is 12.9. The van der Waals surface area contributed by atoms with Crippen LogP contribution in [0.3, 0.4) is 0 Å². The molecule has 1 aromatic heterocycles. The third kappa shape index (κ3) is 2.08. The zero-order valence-corrected chi connectivity index (χ0v) is 17.0. The van der Waals surface area contributed by atoms with E-state index in [2.05, 4.69) is 15.3 Å². The Hall–Kier alpha value is -2.43. The molecule has 0 radical (unpaired) electrons. The van der Waals surface area contributed by atoms with Crippen molar-refractivity contribution in [3.8, 4) is 17.4 Å². The van der Waals surface area contributed by atoms with E-state index in [1.54, 1.807) is 6.92 Å². The van der Waals surface area contributed by atoms with Crippen LogP contribution in [0.25, 0.3) is 0 Å². The third-order valence-corrected chi connectivity index (χ3v) is 8.16. The van der Waals surface area contributed by atoms with Gasteiger partial charge in [0.05, 0.1) is 0 Å². The van der Waals surface area contributed by atoms with Gasteiger partial charge in [-0.05, 0) is 0 Å². The molecule has 2 aromatic rings. The van der Waals surface area contributed by atoms with Gasteiger partial charge in [0.15, 0.2) is 0 Å². The maximum atomic E-state index is 12.8. The second-order valence-electron chi connectivity index (χ2n) is 7.00. The van der Waals surface area contributed by atoms with Crippen molar-refractivity contribution >= 4 is 17.8 Å². The summed E-state index contributed by atoms with van der Waals surface area (Å²) in [4.78, 5) is 37.3. The molecule has 140 valence electrons. The molecule has 8 nitrogen and oxygen atoms in total. The maximum absolute atomic E-state index is 12.8. The van der Waals surface area contributed by atoms with Gasteiger partial charge in [-0.25, -0.2) is 0 Å². The minimum absolute atomic E-state index is 0.204. The number of nitrogens with one attached hydrogen (secondary N) is 1. The van der Waals surface area contributed by atoms with Gasteiger partial charge in [-0.15, -0.1) is 0 Å². The number of imide groups is 1. The quantitative estimate of drug-likeness (QED) is 0.251. The summed E-state index contributed by atoms with van der Waals surface area (Å²) in [6, 6.07) is 5.17. The van der Waals surface area contributed by atoms with Crippen LogP contribution in [0.2, 0.25) is 0 Å². The van der Waals surface area contributed by atoms with E-state index < -0.39 is 36.2 Å². The van der Waals surface area contributed by atoms with Crippen LogP contribution >= 0.6 is 0 Å². The fourth-order valence-corrected chi connectivity index (χ4v) is 4.91. The van der Waals surface area contributed by atoms with Gasteiger partial charge < -0.3 is 0 Å². The minimum atomic E-state index is -0.829. The summed E-state index contributed by atoms with van der Waals surface area (Å²) in [5.41, 5.74) is 0.936. The molecule has 1 aromatic carbocycles. The number of benzene rings is 1. The van der Waals surface area contributed by atoms with Crippen molar-refractivity contribution in [3.63, 3.8) is 0 Å². The molecule has 0 spiro atoms. The molecule has 2 atom stereocenters. The predicted octanol–water partition coefficient (Wildman–Crippen LogP) is -1.23. The number of rotatable bonds is 2. The van der Waals surface area contributed by atoms with Crippen LogP contribution in [0.4, 0.5) is 10.6 Å². The molecule has 3 amide bonds. The number of halogens is 1. The number of hydrogen-bond donors (Lipinski definition) is 1. The molecular formula is C18H16IN4O4-. The predicted molar refractivity (Wildman–Crippen MR) is 90.8 cm³/mol. The normalized spacial score (nSPS) is 27.7. The number of alkyl halides is 2. The Balaban J connectivity index is 1.63. The summed E-state index contributed by atoms with van der Waals surface area (Å²) in [6.07, 6.45) is 1.41. The van der Waals surface area contributed by atoms with Crippen molar-refractivity contribution in [3.05, 3.63) is 35.7 Å². The molecule has 1 fully saturated rings. The number of aromatic nitrogens is 2. The monoisotopic (exact) mass is 479 g/mol. The second kappa shape index (κ2) is 5.31. The molecule has 0 saturated carbocycles. The van der Waals surface area contributed by atoms with E-state index in [1.807, 2.05) is 30.1 Å². The number of ether oxygens (including phenoxy) is 2.